The van der Waals surface area contributed by atoms with Gasteiger partial charge in [0.15, 0.2) is 0 Å². The van der Waals surface area contributed by atoms with Gasteiger partial charge in [-0.2, -0.15) is 39.5 Å². The van der Waals surface area contributed by atoms with Crippen molar-refractivity contribution in [2.24, 2.45) is 0 Å². The minimum atomic E-state index is -5.13. The average molecular weight is 586 g/mol. The lowest BCUT2D eigenvalue weighted by Gasteiger charge is -2.24. The van der Waals surface area contributed by atoms with E-state index in [1.165, 1.54) is 6.07 Å². The van der Waals surface area contributed by atoms with Gasteiger partial charge >= 0.3 is 24.6 Å². The van der Waals surface area contributed by atoms with Crippen LogP contribution in [-0.4, -0.2) is 23.1 Å². The lowest BCUT2D eigenvalue weighted by molar-refractivity contribution is -0.143. The third kappa shape index (κ3) is 6.90. The van der Waals surface area contributed by atoms with Gasteiger partial charge < -0.3 is 4.74 Å². The SMILES string of the molecule is COC(=O)N(Cc1cc(C(F)(F)F)cc(C(F)(F)F)c1)Cc1cc(C(F)(F)F)ccc1-c1ccc2ncccc2c1. The van der Waals surface area contributed by atoms with E-state index >= 15 is 0 Å². The third-order valence-electron chi connectivity index (χ3n) is 6.16. The van der Waals surface area contributed by atoms with Gasteiger partial charge in [0.1, 0.15) is 0 Å². The summed E-state index contributed by atoms with van der Waals surface area (Å²) >= 11 is 0. The van der Waals surface area contributed by atoms with Crippen molar-refractivity contribution in [1.29, 1.82) is 0 Å². The van der Waals surface area contributed by atoms with Crippen LogP contribution in [0.1, 0.15) is 27.8 Å². The van der Waals surface area contributed by atoms with Crippen LogP contribution in [0.3, 0.4) is 0 Å². The maximum atomic E-state index is 13.6. The number of hydrogen-bond donors (Lipinski definition) is 0. The highest BCUT2D eigenvalue weighted by Gasteiger charge is 2.37. The molecule has 13 heteroatoms. The van der Waals surface area contributed by atoms with Crippen molar-refractivity contribution >= 4 is 17.0 Å². The number of halogens is 9. The highest BCUT2D eigenvalue weighted by Crippen LogP contribution is 2.38. The Hall–Kier alpha value is -4.29. The number of pyridine rings is 1. The van der Waals surface area contributed by atoms with E-state index in [2.05, 4.69) is 9.72 Å². The molecule has 0 bridgehead atoms. The Morgan fingerprint density at radius 2 is 1.39 bits per heavy atom. The van der Waals surface area contributed by atoms with E-state index in [1.807, 2.05) is 0 Å². The number of aromatic nitrogens is 1. The number of benzene rings is 3. The molecule has 41 heavy (non-hydrogen) atoms. The number of fused-ring (bicyclic) bond motifs is 1. The minimum absolute atomic E-state index is 0.0640. The largest absolute Gasteiger partial charge is 0.453 e. The number of carbonyl (C=O) groups is 1. The van der Waals surface area contributed by atoms with E-state index in [9.17, 15) is 44.3 Å². The second-order valence-corrected chi connectivity index (χ2v) is 9.02. The van der Waals surface area contributed by atoms with Crippen molar-refractivity contribution < 1.29 is 49.0 Å². The number of alkyl halides is 9. The van der Waals surface area contributed by atoms with Crippen LogP contribution in [0.2, 0.25) is 0 Å². The van der Waals surface area contributed by atoms with Gasteiger partial charge in [0.05, 0.1) is 29.3 Å². The summed E-state index contributed by atoms with van der Waals surface area (Å²) in [6.45, 7) is -1.45. The monoisotopic (exact) mass is 586 g/mol. The van der Waals surface area contributed by atoms with E-state index in [-0.39, 0.29) is 17.2 Å². The van der Waals surface area contributed by atoms with Crippen LogP contribution in [0.25, 0.3) is 22.0 Å². The summed E-state index contributed by atoms with van der Waals surface area (Å²) in [6.07, 6.45) is -14.7. The first kappa shape index (κ1) is 29.7. The van der Waals surface area contributed by atoms with Gasteiger partial charge in [0, 0.05) is 24.7 Å². The van der Waals surface area contributed by atoms with E-state index in [1.54, 1.807) is 36.5 Å². The second kappa shape index (κ2) is 10.9. The zero-order chi connectivity index (χ0) is 30.2. The zero-order valence-corrected chi connectivity index (χ0v) is 21.0. The van der Waals surface area contributed by atoms with E-state index in [0.29, 0.717) is 28.6 Å². The Morgan fingerprint density at radius 1 is 0.756 bits per heavy atom. The fourth-order valence-corrected chi connectivity index (χ4v) is 4.28. The van der Waals surface area contributed by atoms with Crippen LogP contribution in [0.5, 0.6) is 0 Å². The van der Waals surface area contributed by atoms with Crippen molar-refractivity contribution in [1.82, 2.24) is 9.88 Å². The maximum Gasteiger partial charge on any atom is 0.416 e. The lowest BCUT2D eigenvalue weighted by atomic mass is 9.95. The molecule has 0 atom stereocenters. The first-order chi connectivity index (χ1) is 19.1. The fraction of sp³-hybridized carbons (Fsp3) is 0.214. The Morgan fingerprint density at radius 3 is 1.98 bits per heavy atom. The minimum Gasteiger partial charge on any atom is -0.453 e. The molecule has 4 aromatic rings. The van der Waals surface area contributed by atoms with E-state index in [4.69, 9.17) is 0 Å². The summed E-state index contributed by atoms with van der Waals surface area (Å²) in [7, 11) is 0.923. The third-order valence-corrected chi connectivity index (χ3v) is 6.16. The molecular weight excluding hydrogens is 567 g/mol. The number of rotatable bonds is 5. The number of ether oxygens (including phenoxy) is 1. The standard InChI is InChI=1S/C28H19F9N2O2/c1-41-25(40)39(14-16-9-21(27(32,33)34)13-22(10-16)28(35,36)37)15-19-12-20(26(29,30)31)5-6-23(19)17-4-7-24-18(11-17)3-2-8-38-24/h2-13H,14-15H2,1H3. The second-order valence-electron chi connectivity index (χ2n) is 9.02. The molecule has 0 saturated heterocycles. The van der Waals surface area contributed by atoms with Gasteiger partial charge in [-0.1, -0.05) is 18.2 Å². The quantitative estimate of drug-likeness (QED) is 0.220. The Kier molecular flexibility index (Phi) is 7.92. The lowest BCUT2D eigenvalue weighted by Crippen LogP contribution is -2.30. The van der Waals surface area contributed by atoms with Crippen molar-refractivity contribution in [2.45, 2.75) is 31.6 Å². The molecule has 0 aliphatic rings. The summed E-state index contributed by atoms with van der Waals surface area (Å²) in [5.41, 5.74) is -3.60. The molecule has 0 saturated carbocycles. The Balaban J connectivity index is 1.81. The van der Waals surface area contributed by atoms with Gasteiger partial charge in [-0.05, 0) is 70.8 Å². The van der Waals surface area contributed by atoms with Gasteiger partial charge in [-0.3, -0.25) is 9.88 Å². The first-order valence-electron chi connectivity index (χ1n) is 11.7. The molecule has 1 heterocycles. The molecule has 3 aromatic carbocycles. The van der Waals surface area contributed by atoms with E-state index in [0.717, 1.165) is 24.1 Å². The fourth-order valence-electron chi connectivity index (χ4n) is 4.28. The van der Waals surface area contributed by atoms with Crippen molar-refractivity contribution in [3.8, 4) is 11.1 Å². The molecule has 0 fully saturated rings. The zero-order valence-electron chi connectivity index (χ0n) is 21.0. The molecule has 4 nitrogen and oxygen atoms in total. The molecule has 0 N–H and O–H groups in total. The number of carbonyl (C=O) groups excluding carboxylic acids is 1. The van der Waals surface area contributed by atoms with Gasteiger partial charge in [0.25, 0.3) is 0 Å². The summed E-state index contributed by atoms with van der Waals surface area (Å²) in [6, 6.07) is 11.8. The molecule has 1 amide bonds. The predicted molar refractivity (Wildman–Crippen MR) is 130 cm³/mol. The topological polar surface area (TPSA) is 42.4 Å². The van der Waals surface area contributed by atoms with Gasteiger partial charge in [-0.15, -0.1) is 0 Å². The van der Waals surface area contributed by atoms with Crippen molar-refractivity contribution in [2.75, 3.05) is 7.11 Å². The summed E-state index contributed by atoms with van der Waals surface area (Å²) in [5.74, 6) is 0. The van der Waals surface area contributed by atoms with Gasteiger partial charge in [0.2, 0.25) is 0 Å². The average Bonchev–Trinajstić information content (AvgIpc) is 2.90. The van der Waals surface area contributed by atoms with Crippen LogP contribution in [0, 0.1) is 0 Å². The molecule has 216 valence electrons. The number of methoxy groups -OCH3 is 1. The summed E-state index contributed by atoms with van der Waals surface area (Å²) in [4.78, 5) is 17.5. The smallest absolute Gasteiger partial charge is 0.416 e. The van der Waals surface area contributed by atoms with E-state index < -0.39 is 60.0 Å². The number of amides is 1. The van der Waals surface area contributed by atoms with Crippen LogP contribution in [0.15, 0.2) is 72.9 Å². The highest BCUT2D eigenvalue weighted by atomic mass is 19.4. The Bertz CT molecular complexity index is 1550. The molecule has 0 aliphatic carbocycles. The normalized spacial score (nSPS) is 12.4. The summed E-state index contributed by atoms with van der Waals surface area (Å²) < 4.78 is 126. The van der Waals surface area contributed by atoms with Crippen LogP contribution < -0.4 is 0 Å². The van der Waals surface area contributed by atoms with Crippen LogP contribution in [-0.2, 0) is 36.4 Å². The number of nitrogens with zero attached hydrogens (tertiary/aromatic N) is 2. The predicted octanol–water partition coefficient (Wildman–Crippen LogP) is 8.73. The molecule has 1 aromatic heterocycles. The molecule has 0 aliphatic heterocycles. The number of hydrogen-bond acceptors (Lipinski definition) is 3. The highest BCUT2D eigenvalue weighted by molar-refractivity contribution is 5.85. The van der Waals surface area contributed by atoms with Crippen LogP contribution >= 0.6 is 0 Å². The molecule has 4 rings (SSSR count). The summed E-state index contributed by atoms with van der Waals surface area (Å²) in [5, 5.41) is 0.657. The maximum absolute atomic E-state index is 13.6. The first-order valence-corrected chi connectivity index (χ1v) is 11.7. The molecular formula is C28H19F9N2O2. The molecule has 0 unspecified atom stereocenters. The molecule has 0 spiro atoms. The molecule has 0 radical (unpaired) electrons. The Labute approximate surface area is 227 Å². The van der Waals surface area contributed by atoms with Crippen molar-refractivity contribution in [3.05, 3.63) is 101 Å². The van der Waals surface area contributed by atoms with Crippen LogP contribution in [0.4, 0.5) is 44.3 Å². The van der Waals surface area contributed by atoms with Gasteiger partial charge in [-0.25, -0.2) is 4.79 Å². The van der Waals surface area contributed by atoms with Crippen molar-refractivity contribution in [3.63, 3.8) is 0 Å².